The van der Waals surface area contributed by atoms with E-state index in [9.17, 15) is 4.79 Å². The quantitative estimate of drug-likeness (QED) is 0.582. The van der Waals surface area contributed by atoms with Gasteiger partial charge >= 0.3 is 0 Å². The van der Waals surface area contributed by atoms with E-state index in [2.05, 4.69) is 13.8 Å². The molecule has 2 nitrogen and oxygen atoms in total. The topological polar surface area (TPSA) is 26.3 Å². The standard InChI is InChI=1S/C11H22O2/c1-4-5-6-10(2)7-8-11(12)9-13-3/h10H,4-9H2,1-3H3. The summed E-state index contributed by atoms with van der Waals surface area (Å²) in [5, 5.41) is 0. The third-order valence-electron chi connectivity index (χ3n) is 2.27. The third kappa shape index (κ3) is 7.97. The molecule has 0 rings (SSSR count). The first-order chi connectivity index (χ1) is 6.20. The van der Waals surface area contributed by atoms with Crippen molar-refractivity contribution < 1.29 is 9.53 Å². The van der Waals surface area contributed by atoms with Crippen molar-refractivity contribution in [1.82, 2.24) is 0 Å². The van der Waals surface area contributed by atoms with E-state index in [1.165, 1.54) is 19.3 Å². The molecule has 0 aromatic heterocycles. The molecule has 0 aliphatic carbocycles. The molecule has 0 saturated carbocycles. The average Bonchev–Trinajstić information content (AvgIpc) is 2.12. The van der Waals surface area contributed by atoms with Gasteiger partial charge in [-0.15, -0.1) is 0 Å². The first-order valence-electron chi connectivity index (χ1n) is 5.21. The molecule has 0 heterocycles. The number of Topliss-reactive ketones (excluding diaryl/α,β-unsaturated/α-hetero) is 1. The fourth-order valence-corrected chi connectivity index (χ4v) is 1.34. The third-order valence-corrected chi connectivity index (χ3v) is 2.27. The van der Waals surface area contributed by atoms with E-state index < -0.39 is 0 Å². The molecule has 78 valence electrons. The Balaban J connectivity index is 3.34. The van der Waals surface area contributed by atoms with Crippen LogP contribution in [0.2, 0.25) is 0 Å². The zero-order valence-electron chi connectivity index (χ0n) is 9.14. The maximum atomic E-state index is 11.1. The van der Waals surface area contributed by atoms with Gasteiger partial charge in [-0.25, -0.2) is 0 Å². The smallest absolute Gasteiger partial charge is 0.158 e. The van der Waals surface area contributed by atoms with Crippen LogP contribution in [-0.2, 0) is 9.53 Å². The Morgan fingerprint density at radius 3 is 2.62 bits per heavy atom. The van der Waals surface area contributed by atoms with Gasteiger partial charge in [-0.2, -0.15) is 0 Å². The van der Waals surface area contributed by atoms with Gasteiger partial charge in [-0.05, 0) is 12.3 Å². The van der Waals surface area contributed by atoms with Crippen molar-refractivity contribution in [2.45, 2.75) is 46.0 Å². The minimum Gasteiger partial charge on any atom is -0.377 e. The average molecular weight is 186 g/mol. The molecule has 0 aliphatic rings. The predicted molar refractivity (Wildman–Crippen MR) is 54.8 cm³/mol. The van der Waals surface area contributed by atoms with Crippen LogP contribution < -0.4 is 0 Å². The van der Waals surface area contributed by atoms with E-state index in [1.54, 1.807) is 7.11 Å². The van der Waals surface area contributed by atoms with E-state index in [0.29, 0.717) is 12.3 Å². The second kappa shape index (κ2) is 8.24. The maximum absolute atomic E-state index is 11.1. The highest BCUT2D eigenvalue weighted by molar-refractivity contribution is 5.79. The number of carbonyl (C=O) groups excluding carboxylic acids is 1. The van der Waals surface area contributed by atoms with Crippen LogP contribution in [0.4, 0.5) is 0 Å². The van der Waals surface area contributed by atoms with Crippen LogP contribution >= 0.6 is 0 Å². The highest BCUT2D eigenvalue weighted by atomic mass is 16.5. The molecule has 0 aromatic rings. The summed E-state index contributed by atoms with van der Waals surface area (Å²) >= 11 is 0. The Kier molecular flexibility index (Phi) is 8.00. The van der Waals surface area contributed by atoms with Crippen molar-refractivity contribution in [2.24, 2.45) is 5.92 Å². The molecule has 1 atom stereocenters. The predicted octanol–water partition coefficient (Wildman–Crippen LogP) is 2.81. The summed E-state index contributed by atoms with van der Waals surface area (Å²) in [5.41, 5.74) is 0. The lowest BCUT2D eigenvalue weighted by atomic mass is 9.98. The number of unbranched alkanes of at least 4 members (excludes halogenated alkanes) is 1. The van der Waals surface area contributed by atoms with Crippen molar-refractivity contribution in [3.05, 3.63) is 0 Å². The van der Waals surface area contributed by atoms with Crippen molar-refractivity contribution >= 4 is 5.78 Å². The number of carbonyl (C=O) groups is 1. The molecule has 13 heavy (non-hydrogen) atoms. The van der Waals surface area contributed by atoms with Crippen molar-refractivity contribution in [3.63, 3.8) is 0 Å². The Bertz CT molecular complexity index is 132. The highest BCUT2D eigenvalue weighted by Crippen LogP contribution is 2.13. The molecule has 0 amide bonds. The highest BCUT2D eigenvalue weighted by Gasteiger charge is 2.05. The van der Waals surface area contributed by atoms with Crippen molar-refractivity contribution in [1.29, 1.82) is 0 Å². The molecule has 0 N–H and O–H groups in total. The number of rotatable bonds is 8. The van der Waals surface area contributed by atoms with Crippen LogP contribution in [0.3, 0.4) is 0 Å². The van der Waals surface area contributed by atoms with Gasteiger partial charge in [0, 0.05) is 13.5 Å². The molecular weight excluding hydrogens is 164 g/mol. The Hall–Kier alpha value is -0.370. The lowest BCUT2D eigenvalue weighted by Crippen LogP contribution is -2.08. The van der Waals surface area contributed by atoms with Gasteiger partial charge in [0.15, 0.2) is 5.78 Å². The number of hydrogen-bond donors (Lipinski definition) is 0. The lowest BCUT2D eigenvalue weighted by molar-refractivity contribution is -0.122. The van der Waals surface area contributed by atoms with Gasteiger partial charge in [-0.1, -0.05) is 33.1 Å². The molecule has 1 unspecified atom stereocenters. The first-order valence-corrected chi connectivity index (χ1v) is 5.21. The normalized spacial score (nSPS) is 12.8. The number of hydrogen-bond acceptors (Lipinski definition) is 2. The Labute approximate surface area is 81.7 Å². The second-order valence-corrected chi connectivity index (χ2v) is 3.76. The van der Waals surface area contributed by atoms with Crippen LogP contribution in [0, 0.1) is 5.92 Å². The molecule has 0 saturated heterocycles. The van der Waals surface area contributed by atoms with Gasteiger partial charge in [0.25, 0.3) is 0 Å². The second-order valence-electron chi connectivity index (χ2n) is 3.76. The van der Waals surface area contributed by atoms with Crippen LogP contribution in [0.15, 0.2) is 0 Å². The zero-order chi connectivity index (χ0) is 10.1. The first kappa shape index (κ1) is 12.6. The summed E-state index contributed by atoms with van der Waals surface area (Å²) in [5.74, 6) is 0.909. The number of ether oxygens (including phenoxy) is 1. The zero-order valence-corrected chi connectivity index (χ0v) is 9.14. The van der Waals surface area contributed by atoms with Gasteiger partial charge in [0.2, 0.25) is 0 Å². The van der Waals surface area contributed by atoms with Gasteiger partial charge in [0.1, 0.15) is 6.61 Å². The summed E-state index contributed by atoms with van der Waals surface area (Å²) in [4.78, 5) is 11.1. The van der Waals surface area contributed by atoms with Crippen LogP contribution in [0.5, 0.6) is 0 Å². The minimum absolute atomic E-state index is 0.228. The summed E-state index contributed by atoms with van der Waals surface area (Å²) < 4.78 is 4.77. The monoisotopic (exact) mass is 186 g/mol. The van der Waals surface area contributed by atoms with Gasteiger partial charge < -0.3 is 4.74 Å². The Morgan fingerprint density at radius 1 is 1.38 bits per heavy atom. The molecule has 0 aliphatic heterocycles. The summed E-state index contributed by atoms with van der Waals surface area (Å²) in [6.45, 7) is 4.69. The summed E-state index contributed by atoms with van der Waals surface area (Å²) in [7, 11) is 1.57. The largest absolute Gasteiger partial charge is 0.377 e. The Morgan fingerprint density at radius 2 is 2.08 bits per heavy atom. The van der Waals surface area contributed by atoms with E-state index in [0.717, 1.165) is 6.42 Å². The van der Waals surface area contributed by atoms with E-state index in [-0.39, 0.29) is 12.4 Å². The molecule has 0 fully saturated rings. The van der Waals surface area contributed by atoms with Crippen LogP contribution in [-0.4, -0.2) is 19.5 Å². The molecular formula is C11H22O2. The van der Waals surface area contributed by atoms with Crippen molar-refractivity contribution in [3.8, 4) is 0 Å². The molecule has 2 heteroatoms. The molecule has 0 radical (unpaired) electrons. The van der Waals surface area contributed by atoms with Crippen LogP contribution in [0.25, 0.3) is 0 Å². The number of ketones is 1. The molecule has 0 spiro atoms. The number of methoxy groups -OCH3 is 1. The van der Waals surface area contributed by atoms with E-state index in [1.807, 2.05) is 0 Å². The minimum atomic E-state index is 0.228. The summed E-state index contributed by atoms with van der Waals surface area (Å²) in [6, 6.07) is 0. The van der Waals surface area contributed by atoms with E-state index in [4.69, 9.17) is 4.74 Å². The summed E-state index contributed by atoms with van der Waals surface area (Å²) in [6.07, 6.45) is 5.47. The maximum Gasteiger partial charge on any atom is 0.158 e. The van der Waals surface area contributed by atoms with E-state index >= 15 is 0 Å². The van der Waals surface area contributed by atoms with Crippen LogP contribution in [0.1, 0.15) is 46.0 Å². The van der Waals surface area contributed by atoms with Gasteiger partial charge in [-0.3, -0.25) is 4.79 Å². The fourth-order valence-electron chi connectivity index (χ4n) is 1.34. The van der Waals surface area contributed by atoms with Gasteiger partial charge in [0.05, 0.1) is 0 Å². The van der Waals surface area contributed by atoms with Crippen molar-refractivity contribution in [2.75, 3.05) is 13.7 Å². The SMILES string of the molecule is CCCCC(C)CCC(=O)COC. The lowest BCUT2D eigenvalue weighted by Gasteiger charge is -2.09. The fraction of sp³-hybridized carbons (Fsp3) is 0.909. The molecule has 0 aromatic carbocycles. The molecule has 0 bridgehead atoms.